The largest absolute Gasteiger partial charge is 0.271 e. The van der Waals surface area contributed by atoms with E-state index in [1.165, 1.54) is 11.1 Å². The number of thiophene rings is 1. The summed E-state index contributed by atoms with van der Waals surface area (Å²) in [5.41, 5.74) is 6.39. The third kappa shape index (κ3) is 2.30. The fraction of sp³-hybridized carbons (Fsp3) is 0.364. The molecule has 17 heavy (non-hydrogen) atoms. The normalized spacial score (nSPS) is 12.9. The molecule has 2 heterocycles. The Hall–Kier alpha value is -0.690. The van der Waals surface area contributed by atoms with Crippen LogP contribution in [0.25, 0.3) is 0 Å². The Morgan fingerprint density at radius 1 is 1.59 bits per heavy atom. The smallest absolute Gasteiger partial charge is 0.0900 e. The molecule has 0 aliphatic carbocycles. The standard InChI is InChI=1S/C11H15BrN4S/c1-3-16-11(9(12)4-14-16)10(15-13)8-6-17-5-7(8)2/h4-6,10,15H,3,13H2,1-2H3. The summed E-state index contributed by atoms with van der Waals surface area (Å²) < 4.78 is 2.93. The molecule has 2 aromatic heterocycles. The molecule has 4 nitrogen and oxygen atoms in total. The van der Waals surface area contributed by atoms with Gasteiger partial charge in [-0.2, -0.15) is 16.4 Å². The van der Waals surface area contributed by atoms with Crippen LogP contribution in [-0.2, 0) is 6.54 Å². The van der Waals surface area contributed by atoms with E-state index in [0.29, 0.717) is 0 Å². The van der Waals surface area contributed by atoms with Crippen molar-refractivity contribution in [3.05, 3.63) is 38.3 Å². The topological polar surface area (TPSA) is 55.9 Å². The van der Waals surface area contributed by atoms with Gasteiger partial charge in [0.05, 0.1) is 22.4 Å². The molecule has 0 bridgehead atoms. The van der Waals surface area contributed by atoms with E-state index in [1.807, 2.05) is 10.9 Å². The quantitative estimate of drug-likeness (QED) is 0.673. The summed E-state index contributed by atoms with van der Waals surface area (Å²) >= 11 is 5.22. The Morgan fingerprint density at radius 3 is 2.88 bits per heavy atom. The highest BCUT2D eigenvalue weighted by Gasteiger charge is 2.22. The van der Waals surface area contributed by atoms with Crippen molar-refractivity contribution in [3.8, 4) is 0 Å². The fourth-order valence-corrected chi connectivity index (χ4v) is 3.30. The van der Waals surface area contributed by atoms with Crippen LogP contribution in [-0.4, -0.2) is 9.78 Å². The van der Waals surface area contributed by atoms with Crippen molar-refractivity contribution in [2.45, 2.75) is 26.4 Å². The predicted molar refractivity (Wildman–Crippen MR) is 73.8 cm³/mol. The van der Waals surface area contributed by atoms with Gasteiger partial charge in [-0.05, 0) is 51.7 Å². The highest BCUT2D eigenvalue weighted by Crippen LogP contribution is 2.31. The average molecular weight is 315 g/mol. The number of halogens is 1. The molecular formula is C11H15BrN4S. The third-order valence-corrected chi connectivity index (χ3v) is 4.27. The number of hydrogen-bond acceptors (Lipinski definition) is 4. The first-order valence-corrected chi connectivity index (χ1v) is 7.12. The van der Waals surface area contributed by atoms with E-state index in [0.717, 1.165) is 16.7 Å². The van der Waals surface area contributed by atoms with Crippen LogP contribution in [0.5, 0.6) is 0 Å². The SMILES string of the molecule is CCn1ncc(Br)c1C(NN)c1cscc1C. The molecule has 0 saturated heterocycles. The van der Waals surface area contributed by atoms with Crippen molar-refractivity contribution in [2.75, 3.05) is 0 Å². The van der Waals surface area contributed by atoms with Crippen molar-refractivity contribution < 1.29 is 0 Å². The van der Waals surface area contributed by atoms with Crippen molar-refractivity contribution in [1.29, 1.82) is 0 Å². The van der Waals surface area contributed by atoms with Crippen molar-refractivity contribution >= 4 is 27.3 Å². The molecule has 0 aliphatic heterocycles. The number of rotatable bonds is 4. The number of nitrogens with one attached hydrogen (secondary N) is 1. The van der Waals surface area contributed by atoms with Crippen molar-refractivity contribution in [3.63, 3.8) is 0 Å². The van der Waals surface area contributed by atoms with Gasteiger partial charge in [-0.1, -0.05) is 0 Å². The number of hydrogen-bond donors (Lipinski definition) is 2. The van der Waals surface area contributed by atoms with Gasteiger partial charge < -0.3 is 0 Å². The minimum Gasteiger partial charge on any atom is -0.271 e. The minimum atomic E-state index is -0.0296. The van der Waals surface area contributed by atoms with Crippen LogP contribution < -0.4 is 11.3 Å². The van der Waals surface area contributed by atoms with Crippen LogP contribution in [0.2, 0.25) is 0 Å². The molecule has 1 unspecified atom stereocenters. The second-order valence-corrected chi connectivity index (χ2v) is 5.40. The summed E-state index contributed by atoms with van der Waals surface area (Å²) in [5, 5.41) is 8.57. The van der Waals surface area contributed by atoms with Gasteiger partial charge in [-0.3, -0.25) is 10.5 Å². The molecule has 0 saturated carbocycles. The Morgan fingerprint density at radius 2 is 2.35 bits per heavy atom. The summed E-state index contributed by atoms with van der Waals surface area (Å²) in [6.07, 6.45) is 1.81. The van der Waals surface area contributed by atoms with E-state index < -0.39 is 0 Å². The lowest BCUT2D eigenvalue weighted by Crippen LogP contribution is -2.31. The molecular weight excluding hydrogens is 300 g/mol. The van der Waals surface area contributed by atoms with Crippen LogP contribution in [0.15, 0.2) is 21.4 Å². The lowest BCUT2D eigenvalue weighted by Gasteiger charge is -2.18. The highest BCUT2D eigenvalue weighted by atomic mass is 79.9. The molecule has 2 aromatic rings. The van der Waals surface area contributed by atoms with Crippen molar-refractivity contribution in [2.24, 2.45) is 5.84 Å². The van der Waals surface area contributed by atoms with Gasteiger partial charge in [0.15, 0.2) is 0 Å². The zero-order chi connectivity index (χ0) is 12.4. The maximum Gasteiger partial charge on any atom is 0.0900 e. The second kappa shape index (κ2) is 5.30. The third-order valence-electron chi connectivity index (χ3n) is 2.78. The van der Waals surface area contributed by atoms with Gasteiger partial charge >= 0.3 is 0 Å². The zero-order valence-corrected chi connectivity index (χ0v) is 12.2. The second-order valence-electron chi connectivity index (χ2n) is 3.80. The van der Waals surface area contributed by atoms with Gasteiger partial charge in [-0.25, -0.2) is 5.43 Å². The van der Waals surface area contributed by atoms with E-state index in [1.54, 1.807) is 11.3 Å². The maximum absolute atomic E-state index is 5.71. The van der Waals surface area contributed by atoms with Crippen LogP contribution in [0, 0.1) is 6.92 Å². The van der Waals surface area contributed by atoms with E-state index in [2.05, 4.69) is 51.1 Å². The molecule has 1 atom stereocenters. The molecule has 0 amide bonds. The molecule has 0 radical (unpaired) electrons. The fourth-order valence-electron chi connectivity index (χ4n) is 1.89. The Kier molecular flexibility index (Phi) is 3.98. The minimum absolute atomic E-state index is 0.0296. The highest BCUT2D eigenvalue weighted by molar-refractivity contribution is 9.10. The van der Waals surface area contributed by atoms with Gasteiger partial charge in [0.25, 0.3) is 0 Å². The van der Waals surface area contributed by atoms with E-state index in [4.69, 9.17) is 5.84 Å². The zero-order valence-electron chi connectivity index (χ0n) is 9.77. The van der Waals surface area contributed by atoms with E-state index in [9.17, 15) is 0 Å². The van der Waals surface area contributed by atoms with Gasteiger partial charge in [0.1, 0.15) is 0 Å². The summed E-state index contributed by atoms with van der Waals surface area (Å²) in [7, 11) is 0. The Balaban J connectivity index is 2.49. The van der Waals surface area contributed by atoms with Gasteiger partial charge in [0.2, 0.25) is 0 Å². The first kappa shape index (κ1) is 12.8. The van der Waals surface area contributed by atoms with Crippen LogP contribution in [0.4, 0.5) is 0 Å². The monoisotopic (exact) mass is 314 g/mol. The summed E-state index contributed by atoms with van der Waals surface area (Å²) in [6.45, 7) is 4.98. The van der Waals surface area contributed by atoms with Gasteiger partial charge in [0, 0.05) is 6.54 Å². The molecule has 6 heteroatoms. The number of nitrogens with zero attached hydrogens (tertiary/aromatic N) is 2. The summed E-state index contributed by atoms with van der Waals surface area (Å²) in [4.78, 5) is 0. The summed E-state index contributed by atoms with van der Waals surface area (Å²) in [5.74, 6) is 5.71. The first-order chi connectivity index (χ1) is 8.19. The number of aromatic nitrogens is 2. The van der Waals surface area contributed by atoms with Crippen LogP contribution in [0.3, 0.4) is 0 Å². The molecule has 0 spiro atoms. The van der Waals surface area contributed by atoms with Crippen LogP contribution in [0.1, 0.15) is 29.8 Å². The Bertz CT molecular complexity index is 505. The average Bonchev–Trinajstić information content (AvgIpc) is 2.89. The molecule has 3 N–H and O–H groups in total. The lowest BCUT2D eigenvalue weighted by molar-refractivity contribution is 0.541. The molecule has 0 aliphatic rings. The molecule has 0 aromatic carbocycles. The van der Waals surface area contributed by atoms with E-state index >= 15 is 0 Å². The molecule has 92 valence electrons. The Labute approximate surface area is 113 Å². The van der Waals surface area contributed by atoms with Crippen molar-refractivity contribution in [1.82, 2.24) is 15.2 Å². The van der Waals surface area contributed by atoms with Crippen LogP contribution >= 0.6 is 27.3 Å². The first-order valence-electron chi connectivity index (χ1n) is 5.39. The number of aryl methyl sites for hydroxylation is 2. The summed E-state index contributed by atoms with van der Waals surface area (Å²) in [6, 6.07) is -0.0296. The molecule has 0 fully saturated rings. The predicted octanol–water partition coefficient (Wildman–Crippen LogP) is 2.59. The number of hydrazine groups is 1. The van der Waals surface area contributed by atoms with Gasteiger partial charge in [-0.15, -0.1) is 0 Å². The maximum atomic E-state index is 5.71. The molecule has 2 rings (SSSR count). The lowest BCUT2D eigenvalue weighted by atomic mass is 10.0. The number of nitrogens with two attached hydrogens (primary N) is 1. The van der Waals surface area contributed by atoms with E-state index in [-0.39, 0.29) is 6.04 Å².